The van der Waals surface area contributed by atoms with Gasteiger partial charge in [-0.1, -0.05) is 6.92 Å². The molecule has 2 rings (SSSR count). The lowest BCUT2D eigenvalue weighted by molar-refractivity contribution is -0.119. The highest BCUT2D eigenvalue weighted by Gasteiger charge is 2.24. The summed E-state index contributed by atoms with van der Waals surface area (Å²) in [6, 6.07) is -0.0554. The molecule has 1 unspecified atom stereocenters. The zero-order valence-electron chi connectivity index (χ0n) is 13.0. The number of piperidine rings is 1. The van der Waals surface area contributed by atoms with Crippen LogP contribution in [0.2, 0.25) is 0 Å². The summed E-state index contributed by atoms with van der Waals surface area (Å²) < 4.78 is 0. The molecular weight excluding hydrogens is 300 g/mol. The summed E-state index contributed by atoms with van der Waals surface area (Å²) in [5.74, 6) is -0.0924. The molecule has 3 amide bonds. The smallest absolute Gasteiger partial charge is 0.317 e. The third kappa shape index (κ3) is 4.98. The fourth-order valence-corrected chi connectivity index (χ4v) is 3.52. The quantitative estimate of drug-likeness (QED) is 0.832. The SMILES string of the molecule is CCc1nc(CCNC(=O)N2CCCC(CC(N)=O)C2)cs1. The van der Waals surface area contributed by atoms with E-state index < -0.39 is 0 Å². The largest absolute Gasteiger partial charge is 0.370 e. The maximum absolute atomic E-state index is 12.2. The van der Waals surface area contributed by atoms with Crippen LogP contribution in [0.3, 0.4) is 0 Å². The van der Waals surface area contributed by atoms with E-state index in [0.717, 1.165) is 42.9 Å². The molecule has 1 aromatic rings. The van der Waals surface area contributed by atoms with Crippen molar-refractivity contribution in [2.45, 2.75) is 39.0 Å². The molecule has 0 bridgehead atoms. The van der Waals surface area contributed by atoms with Gasteiger partial charge in [0, 0.05) is 37.9 Å². The van der Waals surface area contributed by atoms with Crippen molar-refractivity contribution < 1.29 is 9.59 Å². The van der Waals surface area contributed by atoms with Gasteiger partial charge in [0.1, 0.15) is 0 Å². The molecule has 3 N–H and O–H groups in total. The molecule has 0 aromatic carbocycles. The van der Waals surface area contributed by atoms with E-state index in [0.29, 0.717) is 19.5 Å². The van der Waals surface area contributed by atoms with E-state index in [1.807, 2.05) is 0 Å². The van der Waals surface area contributed by atoms with Gasteiger partial charge in [0.05, 0.1) is 10.7 Å². The van der Waals surface area contributed by atoms with Crippen LogP contribution in [0, 0.1) is 5.92 Å². The monoisotopic (exact) mass is 324 g/mol. The minimum atomic E-state index is -0.289. The number of nitrogens with zero attached hydrogens (tertiary/aromatic N) is 2. The van der Waals surface area contributed by atoms with Gasteiger partial charge in [-0.3, -0.25) is 4.79 Å². The number of thiazole rings is 1. The zero-order valence-corrected chi connectivity index (χ0v) is 13.8. The fraction of sp³-hybridized carbons (Fsp3) is 0.667. The Kier molecular flexibility index (Phi) is 6.18. The number of urea groups is 1. The van der Waals surface area contributed by atoms with Crippen molar-refractivity contribution in [1.29, 1.82) is 0 Å². The number of aryl methyl sites for hydroxylation is 1. The number of nitrogens with two attached hydrogens (primary N) is 1. The summed E-state index contributed by atoms with van der Waals surface area (Å²) >= 11 is 1.66. The third-order valence-corrected chi connectivity index (χ3v) is 4.90. The van der Waals surface area contributed by atoms with Crippen molar-refractivity contribution in [2.75, 3.05) is 19.6 Å². The number of nitrogens with one attached hydrogen (secondary N) is 1. The number of carbonyl (C=O) groups is 2. The lowest BCUT2D eigenvalue weighted by atomic mass is 9.95. The molecule has 0 saturated carbocycles. The Labute approximate surface area is 135 Å². The molecule has 0 spiro atoms. The molecular formula is C15H24N4O2S. The maximum atomic E-state index is 12.2. The molecule has 1 aromatic heterocycles. The van der Waals surface area contributed by atoms with Crippen molar-refractivity contribution in [1.82, 2.24) is 15.2 Å². The molecule has 1 fully saturated rings. The van der Waals surface area contributed by atoms with E-state index in [4.69, 9.17) is 5.73 Å². The van der Waals surface area contributed by atoms with Crippen molar-refractivity contribution in [2.24, 2.45) is 11.7 Å². The Morgan fingerprint density at radius 2 is 2.36 bits per heavy atom. The van der Waals surface area contributed by atoms with Crippen molar-refractivity contribution >= 4 is 23.3 Å². The first kappa shape index (κ1) is 16.7. The highest BCUT2D eigenvalue weighted by molar-refractivity contribution is 7.09. The van der Waals surface area contributed by atoms with Gasteiger partial charge in [0.25, 0.3) is 0 Å². The average molecular weight is 324 g/mol. The van der Waals surface area contributed by atoms with E-state index in [2.05, 4.69) is 22.6 Å². The number of primary amides is 1. The van der Waals surface area contributed by atoms with Crippen LogP contribution < -0.4 is 11.1 Å². The lowest BCUT2D eigenvalue weighted by Crippen LogP contribution is -2.46. The zero-order chi connectivity index (χ0) is 15.9. The first-order valence-electron chi connectivity index (χ1n) is 7.82. The molecule has 0 radical (unpaired) electrons. The van der Waals surface area contributed by atoms with Gasteiger partial charge >= 0.3 is 6.03 Å². The number of aromatic nitrogens is 1. The van der Waals surface area contributed by atoms with Crippen molar-refractivity contribution in [3.05, 3.63) is 16.1 Å². The van der Waals surface area contributed by atoms with E-state index in [1.165, 1.54) is 0 Å². The normalized spacial score (nSPS) is 18.2. The highest BCUT2D eigenvalue weighted by Crippen LogP contribution is 2.19. The molecule has 1 aliphatic rings. The van der Waals surface area contributed by atoms with Crippen LogP contribution in [0.5, 0.6) is 0 Å². The molecule has 1 atom stereocenters. The van der Waals surface area contributed by atoms with Crippen LogP contribution in [-0.4, -0.2) is 41.5 Å². The van der Waals surface area contributed by atoms with Gasteiger partial charge in [-0.25, -0.2) is 9.78 Å². The molecule has 1 aliphatic heterocycles. The summed E-state index contributed by atoms with van der Waals surface area (Å²) in [5.41, 5.74) is 6.27. The minimum absolute atomic E-state index is 0.0554. The highest BCUT2D eigenvalue weighted by atomic mass is 32.1. The fourth-order valence-electron chi connectivity index (χ4n) is 2.74. The molecule has 22 heavy (non-hydrogen) atoms. The van der Waals surface area contributed by atoms with Crippen molar-refractivity contribution in [3.63, 3.8) is 0 Å². The second-order valence-electron chi connectivity index (χ2n) is 5.69. The van der Waals surface area contributed by atoms with Gasteiger partial charge < -0.3 is 16.0 Å². The Bertz CT molecular complexity index is 517. The van der Waals surface area contributed by atoms with E-state index in [9.17, 15) is 9.59 Å². The van der Waals surface area contributed by atoms with Crippen LogP contribution in [0.1, 0.15) is 36.9 Å². The van der Waals surface area contributed by atoms with Gasteiger partial charge in [-0.05, 0) is 25.2 Å². The van der Waals surface area contributed by atoms with Gasteiger partial charge in [-0.15, -0.1) is 11.3 Å². The maximum Gasteiger partial charge on any atom is 0.317 e. The average Bonchev–Trinajstić information content (AvgIpc) is 2.94. The standard InChI is InChI=1S/C15H24N4O2S/c1-2-14-18-12(10-22-14)5-6-17-15(21)19-7-3-4-11(9-19)8-13(16)20/h10-11H,2-9H2,1H3,(H2,16,20)(H,17,21). The summed E-state index contributed by atoms with van der Waals surface area (Å²) in [5, 5.41) is 6.12. The Morgan fingerprint density at radius 1 is 1.55 bits per heavy atom. The van der Waals surface area contributed by atoms with Gasteiger partial charge in [-0.2, -0.15) is 0 Å². The summed E-state index contributed by atoms with van der Waals surface area (Å²) in [7, 11) is 0. The second kappa shape index (κ2) is 8.12. The molecule has 7 heteroatoms. The number of carbonyl (C=O) groups excluding carboxylic acids is 2. The molecule has 122 valence electrons. The molecule has 6 nitrogen and oxygen atoms in total. The number of rotatable bonds is 6. The summed E-state index contributed by atoms with van der Waals surface area (Å²) in [6.45, 7) is 4.04. The van der Waals surface area contributed by atoms with Crippen LogP contribution in [0.25, 0.3) is 0 Å². The van der Waals surface area contributed by atoms with Crippen LogP contribution in [-0.2, 0) is 17.6 Å². The first-order valence-corrected chi connectivity index (χ1v) is 8.70. The number of hydrogen-bond acceptors (Lipinski definition) is 4. The topological polar surface area (TPSA) is 88.3 Å². The number of hydrogen-bond donors (Lipinski definition) is 2. The second-order valence-corrected chi connectivity index (χ2v) is 6.64. The van der Waals surface area contributed by atoms with Crippen LogP contribution >= 0.6 is 11.3 Å². The Hall–Kier alpha value is -1.63. The number of likely N-dealkylation sites (tertiary alicyclic amines) is 1. The van der Waals surface area contributed by atoms with Crippen LogP contribution in [0.15, 0.2) is 5.38 Å². The van der Waals surface area contributed by atoms with E-state index in [1.54, 1.807) is 16.2 Å². The van der Waals surface area contributed by atoms with E-state index in [-0.39, 0.29) is 17.9 Å². The third-order valence-electron chi connectivity index (χ3n) is 3.86. The van der Waals surface area contributed by atoms with Gasteiger partial charge in [0.15, 0.2) is 0 Å². The Morgan fingerprint density at radius 3 is 3.05 bits per heavy atom. The molecule has 1 saturated heterocycles. The molecule has 0 aliphatic carbocycles. The number of amides is 3. The van der Waals surface area contributed by atoms with Crippen molar-refractivity contribution in [3.8, 4) is 0 Å². The Balaban J connectivity index is 1.73. The van der Waals surface area contributed by atoms with Gasteiger partial charge in [0.2, 0.25) is 5.91 Å². The summed E-state index contributed by atoms with van der Waals surface area (Å²) in [6.07, 6.45) is 3.96. The predicted molar refractivity (Wildman–Crippen MR) is 86.7 cm³/mol. The minimum Gasteiger partial charge on any atom is -0.370 e. The lowest BCUT2D eigenvalue weighted by Gasteiger charge is -2.32. The summed E-state index contributed by atoms with van der Waals surface area (Å²) in [4.78, 5) is 29.4. The first-order chi connectivity index (χ1) is 10.6. The predicted octanol–water partition coefficient (Wildman–Crippen LogP) is 1.54. The van der Waals surface area contributed by atoms with Crippen LogP contribution in [0.4, 0.5) is 4.79 Å². The van der Waals surface area contributed by atoms with E-state index >= 15 is 0 Å². The molecule has 2 heterocycles.